The van der Waals surface area contributed by atoms with E-state index in [-0.39, 0.29) is 0 Å². The smallest absolute Gasteiger partial charge is 0.211 e. The average molecular weight is 174 g/mol. The number of hydrogen-bond donors (Lipinski definition) is 2. The van der Waals surface area contributed by atoms with E-state index in [1.165, 1.54) is 0 Å². The highest BCUT2D eigenvalue weighted by molar-refractivity contribution is 7.75. The molecule has 0 amide bonds. The molecule has 0 aliphatic rings. The molecule has 0 saturated heterocycles. The summed E-state index contributed by atoms with van der Waals surface area (Å²) in [6.07, 6.45) is 0. The second-order valence-electron chi connectivity index (χ2n) is 0.834. The van der Waals surface area contributed by atoms with Crippen molar-refractivity contribution in [1.29, 1.82) is 0 Å². The molecular weight excluding hydrogens is 170 g/mol. The number of H-pyrrole nitrogens is 2. The van der Waals surface area contributed by atoms with Crippen LogP contribution in [0.3, 0.4) is 0 Å². The summed E-state index contributed by atoms with van der Waals surface area (Å²) in [5.41, 5.74) is 0. The first-order valence-corrected chi connectivity index (χ1v) is 5.71. The van der Waals surface area contributed by atoms with Crippen molar-refractivity contribution in [2.45, 2.75) is 0 Å². The Morgan fingerprint density at radius 2 is 2.57 bits per heavy atom. The van der Waals surface area contributed by atoms with Gasteiger partial charge in [-0.25, -0.2) is 4.51 Å². The lowest BCUT2D eigenvalue weighted by molar-refractivity contribution is 1.69. The Kier molecular flexibility index (Phi) is 2.28. The molecule has 7 heteroatoms. The quantitative estimate of drug-likeness (QED) is 0.622. The van der Waals surface area contributed by atoms with E-state index in [4.69, 9.17) is 11.2 Å². The van der Waals surface area contributed by atoms with E-state index >= 15 is 0 Å². The van der Waals surface area contributed by atoms with Crippen LogP contribution in [0.1, 0.15) is 0 Å². The van der Waals surface area contributed by atoms with Gasteiger partial charge in [0, 0.05) is 0 Å². The lowest BCUT2D eigenvalue weighted by Crippen LogP contribution is -1.53. The highest BCUT2D eigenvalue weighted by Gasteiger charge is 1.84. The SMILES string of the molecule is Cl[p+]1n[pH][nH][pH][nH]1. The van der Waals surface area contributed by atoms with Gasteiger partial charge in [-0.15, -0.1) is 0 Å². The van der Waals surface area contributed by atoms with Gasteiger partial charge >= 0.3 is 0 Å². The van der Waals surface area contributed by atoms with Crippen molar-refractivity contribution < 1.29 is 0 Å². The van der Waals surface area contributed by atoms with Gasteiger partial charge in [-0.05, 0) is 0 Å². The van der Waals surface area contributed by atoms with E-state index in [9.17, 15) is 0 Å². The number of halogens is 1. The second kappa shape index (κ2) is 2.79. The molecule has 0 aliphatic carbocycles. The molecule has 1 heterocycles. The zero-order valence-corrected chi connectivity index (χ0v) is 6.92. The summed E-state index contributed by atoms with van der Waals surface area (Å²) in [6, 6.07) is 0. The predicted octanol–water partition coefficient (Wildman–Crippen LogP) is 2.19. The second-order valence-corrected chi connectivity index (χ2v) is 5.48. The normalized spacial score (nSPS) is 13.6. The maximum atomic E-state index is 5.58. The highest BCUT2D eigenvalue weighted by atomic mass is 35.7. The minimum Gasteiger partial charge on any atom is -0.211 e. The van der Waals surface area contributed by atoms with Crippen LogP contribution in [0, 0.1) is 0 Å². The Morgan fingerprint density at radius 3 is 2.86 bits per heavy atom. The zero-order valence-electron chi connectivity index (χ0n) is 3.27. The van der Waals surface area contributed by atoms with E-state index in [0.717, 1.165) is 0 Å². The van der Waals surface area contributed by atoms with Gasteiger partial charge < -0.3 is 0 Å². The Hall–Kier alpha value is 0.590. The van der Waals surface area contributed by atoms with Crippen molar-refractivity contribution in [2.75, 3.05) is 0 Å². The van der Waals surface area contributed by atoms with Crippen LogP contribution in [0.25, 0.3) is 0 Å². The lowest BCUT2D eigenvalue weighted by atomic mass is 13.9. The molecule has 0 aromatic carbocycles. The summed E-state index contributed by atoms with van der Waals surface area (Å²) in [4.78, 5) is 0. The Morgan fingerprint density at radius 1 is 1.71 bits per heavy atom. The summed E-state index contributed by atoms with van der Waals surface area (Å²) in [6.45, 7) is 0. The molecule has 0 aliphatic heterocycles. The summed E-state index contributed by atoms with van der Waals surface area (Å²) in [5, 5.41) is 0. The molecule has 3 unspecified atom stereocenters. The molecular formula is H4ClN3P3+. The van der Waals surface area contributed by atoms with Crippen molar-refractivity contribution in [3.8, 4) is 0 Å². The molecule has 2 N–H and O–H groups in total. The molecule has 1 rings (SSSR count). The van der Waals surface area contributed by atoms with Gasteiger partial charge in [0.05, 0.1) is 11.2 Å². The van der Waals surface area contributed by atoms with Gasteiger partial charge in [0.1, 0.15) is 8.51 Å². The lowest BCUT2D eigenvalue weighted by Gasteiger charge is -1.73. The third-order valence-corrected chi connectivity index (χ3v) is 5.08. The van der Waals surface area contributed by atoms with Crippen molar-refractivity contribution in [3.63, 3.8) is 0 Å². The van der Waals surface area contributed by atoms with Crippen LogP contribution >= 0.6 is 35.5 Å². The highest BCUT2D eigenvalue weighted by Crippen LogP contribution is 2.25. The topological polar surface area (TPSA) is 44.5 Å². The molecule has 0 saturated carbocycles. The number of rotatable bonds is 0. The monoisotopic (exact) mass is 174 g/mol. The summed E-state index contributed by atoms with van der Waals surface area (Å²) >= 11 is 5.58. The predicted molar refractivity (Wildman–Crippen MR) is 37.9 cm³/mol. The standard InChI is InChI=1S/ClH4N3P3/c1-7-3-5-2-6-4-7/h5-6H,(H2,2,3,4)/q+1. The van der Waals surface area contributed by atoms with Crippen molar-refractivity contribution >= 4 is 35.5 Å². The van der Waals surface area contributed by atoms with Gasteiger partial charge in [-0.1, -0.05) is 4.51 Å². The molecule has 0 spiro atoms. The fraction of sp³-hybridized carbons (Fsp3) is 0. The number of aromatic nitrogens is 3. The van der Waals surface area contributed by atoms with Gasteiger partial charge in [0.2, 0.25) is 0 Å². The Bertz CT molecular complexity index is 140. The number of hydrogen-bond acceptors (Lipinski definition) is 1. The van der Waals surface area contributed by atoms with E-state index in [1.807, 2.05) is 0 Å². The van der Waals surface area contributed by atoms with Crippen LogP contribution in [0.5, 0.6) is 0 Å². The molecule has 7 heavy (non-hydrogen) atoms. The van der Waals surface area contributed by atoms with Gasteiger partial charge in [-0.2, -0.15) is 4.51 Å². The maximum Gasteiger partial charge on any atom is 0.274 e. The third-order valence-electron chi connectivity index (χ3n) is 0.404. The fourth-order valence-electron chi connectivity index (χ4n) is 0.196. The first kappa shape index (κ1) is 5.72. The number of nitrogens with zero attached hydrogens (tertiary/aromatic N) is 1. The van der Waals surface area contributed by atoms with Crippen LogP contribution < -0.4 is 0 Å². The molecule has 1 aromatic heterocycles. The summed E-state index contributed by atoms with van der Waals surface area (Å²) < 4.78 is 9.97. The molecule has 1 aromatic rings. The Labute approximate surface area is 49.6 Å². The Balaban J connectivity index is 3.02. The molecule has 0 bridgehead atoms. The fourth-order valence-corrected chi connectivity index (χ4v) is 3.89. The van der Waals surface area contributed by atoms with E-state index in [2.05, 4.69) is 13.5 Å². The largest absolute Gasteiger partial charge is 0.274 e. The van der Waals surface area contributed by atoms with E-state index < -0.39 is 7.20 Å². The molecule has 3 atom stereocenters. The minimum absolute atomic E-state index is 0.504. The van der Waals surface area contributed by atoms with Crippen molar-refractivity contribution in [2.24, 2.45) is 0 Å². The first-order valence-electron chi connectivity index (χ1n) is 1.57. The van der Waals surface area contributed by atoms with Crippen LogP contribution in [-0.2, 0) is 0 Å². The maximum absolute atomic E-state index is 5.58. The number of aromatic amines is 2. The van der Waals surface area contributed by atoms with Crippen LogP contribution in [-0.4, -0.2) is 13.5 Å². The van der Waals surface area contributed by atoms with Crippen molar-refractivity contribution in [1.82, 2.24) is 13.5 Å². The van der Waals surface area contributed by atoms with Crippen LogP contribution in [0.4, 0.5) is 0 Å². The third kappa shape index (κ3) is 1.88. The minimum atomic E-state index is -0.682. The first-order chi connectivity index (χ1) is 3.39. The number of nitrogens with one attached hydrogen (secondary N) is 2. The summed E-state index contributed by atoms with van der Waals surface area (Å²) in [5.74, 6) is 0. The van der Waals surface area contributed by atoms with E-state index in [0.29, 0.717) is 17.0 Å². The van der Waals surface area contributed by atoms with Gasteiger partial charge in [0.25, 0.3) is 7.20 Å². The van der Waals surface area contributed by atoms with Crippen LogP contribution in [0.15, 0.2) is 0 Å². The van der Waals surface area contributed by atoms with Gasteiger partial charge in [-0.3, -0.25) is 0 Å². The molecule has 40 valence electrons. The van der Waals surface area contributed by atoms with E-state index in [1.54, 1.807) is 0 Å². The van der Waals surface area contributed by atoms with Crippen LogP contribution in [0.2, 0.25) is 0 Å². The van der Waals surface area contributed by atoms with Gasteiger partial charge in [0.15, 0.2) is 8.51 Å². The molecule has 0 radical (unpaired) electrons. The summed E-state index contributed by atoms with van der Waals surface area (Å²) in [7, 11) is 0.419. The average Bonchev–Trinajstić information content (AvgIpc) is 1.69. The molecule has 0 fully saturated rings. The molecule has 3 nitrogen and oxygen atoms in total. The zero-order chi connectivity index (χ0) is 5.11. The van der Waals surface area contributed by atoms with Crippen molar-refractivity contribution in [3.05, 3.63) is 0 Å².